The van der Waals surface area contributed by atoms with E-state index in [0.717, 1.165) is 22.7 Å². The minimum Gasteiger partial charge on any atom is -0.497 e. The standard InChI is InChI=1S/C22H26N4O3/c1-14(2)29-20-8-6-7-17(13-20)15(3)23-22(27)21-16(4)26(25-24-21)18-9-11-19(28-5)12-10-18/h6-15H,1-5H3,(H,23,27)/t15-/m0/s1. The van der Waals surface area contributed by atoms with E-state index in [-0.39, 0.29) is 18.1 Å². The largest absolute Gasteiger partial charge is 0.497 e. The number of amides is 1. The molecule has 0 saturated heterocycles. The maximum absolute atomic E-state index is 12.8. The summed E-state index contributed by atoms with van der Waals surface area (Å²) in [6.07, 6.45) is 0.0887. The quantitative estimate of drug-likeness (QED) is 0.658. The Morgan fingerprint density at radius 3 is 2.45 bits per heavy atom. The van der Waals surface area contributed by atoms with Crippen molar-refractivity contribution in [1.82, 2.24) is 20.3 Å². The van der Waals surface area contributed by atoms with Gasteiger partial charge in [0.15, 0.2) is 5.69 Å². The van der Waals surface area contributed by atoms with Gasteiger partial charge in [-0.15, -0.1) is 5.10 Å². The Bertz CT molecular complexity index is 980. The van der Waals surface area contributed by atoms with Crippen LogP contribution in [0.5, 0.6) is 11.5 Å². The second-order valence-corrected chi connectivity index (χ2v) is 7.07. The van der Waals surface area contributed by atoms with E-state index in [9.17, 15) is 4.79 Å². The normalized spacial score (nSPS) is 11.9. The zero-order valence-electron chi connectivity index (χ0n) is 17.3. The summed E-state index contributed by atoms with van der Waals surface area (Å²) in [7, 11) is 1.62. The summed E-state index contributed by atoms with van der Waals surface area (Å²) in [6.45, 7) is 7.70. The molecule has 0 radical (unpaired) electrons. The van der Waals surface area contributed by atoms with Crippen molar-refractivity contribution in [3.8, 4) is 17.2 Å². The van der Waals surface area contributed by atoms with Crippen molar-refractivity contribution in [3.63, 3.8) is 0 Å². The summed E-state index contributed by atoms with van der Waals surface area (Å²) >= 11 is 0. The number of nitrogens with one attached hydrogen (secondary N) is 1. The molecule has 1 heterocycles. The van der Waals surface area contributed by atoms with Crippen LogP contribution in [-0.4, -0.2) is 34.1 Å². The summed E-state index contributed by atoms with van der Waals surface area (Å²) in [4.78, 5) is 12.8. The SMILES string of the molecule is COc1ccc(-n2nnc(C(=O)N[C@@H](C)c3cccc(OC(C)C)c3)c2C)cc1. The molecule has 3 rings (SSSR count). The van der Waals surface area contributed by atoms with Crippen LogP contribution in [0.4, 0.5) is 0 Å². The summed E-state index contributed by atoms with van der Waals surface area (Å²) < 4.78 is 12.5. The van der Waals surface area contributed by atoms with Gasteiger partial charge >= 0.3 is 0 Å². The van der Waals surface area contributed by atoms with Crippen LogP contribution in [0.25, 0.3) is 5.69 Å². The van der Waals surface area contributed by atoms with E-state index in [4.69, 9.17) is 9.47 Å². The molecule has 152 valence electrons. The maximum atomic E-state index is 12.8. The number of aromatic nitrogens is 3. The predicted molar refractivity (Wildman–Crippen MR) is 111 cm³/mol. The zero-order valence-corrected chi connectivity index (χ0v) is 17.3. The van der Waals surface area contributed by atoms with Gasteiger partial charge in [0.1, 0.15) is 11.5 Å². The molecule has 0 fully saturated rings. The summed E-state index contributed by atoms with van der Waals surface area (Å²) in [5, 5.41) is 11.2. The van der Waals surface area contributed by atoms with Gasteiger partial charge in [0.05, 0.1) is 30.6 Å². The van der Waals surface area contributed by atoms with E-state index in [1.165, 1.54) is 0 Å². The highest BCUT2D eigenvalue weighted by Crippen LogP contribution is 2.21. The van der Waals surface area contributed by atoms with Crippen molar-refractivity contribution in [2.75, 3.05) is 7.11 Å². The van der Waals surface area contributed by atoms with Crippen LogP contribution in [0.2, 0.25) is 0 Å². The van der Waals surface area contributed by atoms with Crippen molar-refractivity contribution >= 4 is 5.91 Å². The number of ether oxygens (including phenoxy) is 2. The van der Waals surface area contributed by atoms with E-state index in [1.807, 2.05) is 76.2 Å². The topological polar surface area (TPSA) is 78.3 Å². The highest BCUT2D eigenvalue weighted by atomic mass is 16.5. The number of carbonyl (C=O) groups excluding carboxylic acids is 1. The molecule has 0 bridgehead atoms. The molecule has 0 aliphatic heterocycles. The fourth-order valence-electron chi connectivity index (χ4n) is 2.99. The first-order valence-corrected chi connectivity index (χ1v) is 9.53. The lowest BCUT2D eigenvalue weighted by Crippen LogP contribution is -2.27. The Labute approximate surface area is 170 Å². The van der Waals surface area contributed by atoms with E-state index < -0.39 is 0 Å². The van der Waals surface area contributed by atoms with Crippen LogP contribution in [0.15, 0.2) is 48.5 Å². The average Bonchev–Trinajstić information content (AvgIpc) is 3.09. The van der Waals surface area contributed by atoms with Gasteiger partial charge in [-0.05, 0) is 69.7 Å². The molecule has 0 spiro atoms. The molecule has 0 aliphatic rings. The number of methoxy groups -OCH3 is 1. The van der Waals surface area contributed by atoms with E-state index in [2.05, 4.69) is 15.6 Å². The molecule has 7 heteroatoms. The van der Waals surface area contributed by atoms with Gasteiger partial charge < -0.3 is 14.8 Å². The second-order valence-electron chi connectivity index (χ2n) is 7.07. The van der Waals surface area contributed by atoms with Crippen LogP contribution < -0.4 is 14.8 Å². The van der Waals surface area contributed by atoms with Crippen molar-refractivity contribution in [2.45, 2.75) is 39.8 Å². The molecule has 1 atom stereocenters. The van der Waals surface area contributed by atoms with Gasteiger partial charge in [0, 0.05) is 0 Å². The highest BCUT2D eigenvalue weighted by Gasteiger charge is 2.20. The zero-order chi connectivity index (χ0) is 21.0. The van der Waals surface area contributed by atoms with E-state index >= 15 is 0 Å². The number of carbonyl (C=O) groups is 1. The van der Waals surface area contributed by atoms with Crippen LogP contribution >= 0.6 is 0 Å². The molecule has 0 aliphatic carbocycles. The first-order valence-electron chi connectivity index (χ1n) is 9.53. The van der Waals surface area contributed by atoms with Crippen LogP contribution in [-0.2, 0) is 0 Å². The number of benzene rings is 2. The second kappa shape index (κ2) is 8.77. The van der Waals surface area contributed by atoms with Gasteiger partial charge in [0.2, 0.25) is 0 Å². The molecule has 2 aromatic carbocycles. The van der Waals surface area contributed by atoms with Gasteiger partial charge in [-0.25, -0.2) is 4.68 Å². The Morgan fingerprint density at radius 2 is 1.79 bits per heavy atom. The van der Waals surface area contributed by atoms with Crippen LogP contribution in [0.1, 0.15) is 48.6 Å². The highest BCUT2D eigenvalue weighted by molar-refractivity contribution is 5.93. The predicted octanol–water partition coefficient (Wildman–Crippen LogP) is 3.86. The number of hydrogen-bond donors (Lipinski definition) is 1. The number of hydrogen-bond acceptors (Lipinski definition) is 5. The average molecular weight is 394 g/mol. The molecule has 1 amide bonds. The summed E-state index contributed by atoms with van der Waals surface area (Å²) in [6, 6.07) is 14.9. The Kier molecular flexibility index (Phi) is 6.16. The first-order chi connectivity index (χ1) is 13.9. The minimum absolute atomic E-state index is 0.0887. The Hall–Kier alpha value is -3.35. The molecule has 7 nitrogen and oxygen atoms in total. The lowest BCUT2D eigenvalue weighted by molar-refractivity contribution is 0.0934. The molecular weight excluding hydrogens is 368 g/mol. The van der Waals surface area contributed by atoms with Crippen molar-refractivity contribution < 1.29 is 14.3 Å². The molecule has 0 unspecified atom stereocenters. The molecular formula is C22H26N4O3. The van der Waals surface area contributed by atoms with Crippen LogP contribution in [0, 0.1) is 6.92 Å². The summed E-state index contributed by atoms with van der Waals surface area (Å²) in [5.41, 5.74) is 2.72. The lowest BCUT2D eigenvalue weighted by atomic mass is 10.1. The van der Waals surface area contributed by atoms with Crippen molar-refractivity contribution in [3.05, 3.63) is 65.5 Å². The van der Waals surface area contributed by atoms with Gasteiger partial charge in [-0.1, -0.05) is 17.3 Å². The van der Waals surface area contributed by atoms with Crippen LogP contribution in [0.3, 0.4) is 0 Å². The minimum atomic E-state index is -0.273. The Balaban J connectivity index is 1.75. The number of nitrogens with zero attached hydrogens (tertiary/aromatic N) is 3. The first kappa shape index (κ1) is 20.4. The third-order valence-electron chi connectivity index (χ3n) is 4.50. The van der Waals surface area contributed by atoms with Gasteiger partial charge in [-0.3, -0.25) is 4.79 Å². The fourth-order valence-corrected chi connectivity index (χ4v) is 2.99. The Morgan fingerprint density at radius 1 is 1.07 bits per heavy atom. The lowest BCUT2D eigenvalue weighted by Gasteiger charge is -2.16. The fraction of sp³-hybridized carbons (Fsp3) is 0.318. The third kappa shape index (κ3) is 4.74. The maximum Gasteiger partial charge on any atom is 0.274 e. The summed E-state index contributed by atoms with van der Waals surface area (Å²) in [5.74, 6) is 1.26. The third-order valence-corrected chi connectivity index (χ3v) is 4.50. The van der Waals surface area contributed by atoms with Crippen molar-refractivity contribution in [1.29, 1.82) is 0 Å². The smallest absolute Gasteiger partial charge is 0.274 e. The van der Waals surface area contributed by atoms with E-state index in [0.29, 0.717) is 11.4 Å². The van der Waals surface area contributed by atoms with Gasteiger partial charge in [0.25, 0.3) is 5.91 Å². The molecule has 1 N–H and O–H groups in total. The number of rotatable bonds is 7. The molecule has 29 heavy (non-hydrogen) atoms. The molecule has 3 aromatic rings. The van der Waals surface area contributed by atoms with E-state index in [1.54, 1.807) is 11.8 Å². The monoisotopic (exact) mass is 394 g/mol. The van der Waals surface area contributed by atoms with Gasteiger partial charge in [-0.2, -0.15) is 0 Å². The molecule has 1 aromatic heterocycles. The van der Waals surface area contributed by atoms with Crippen molar-refractivity contribution in [2.24, 2.45) is 0 Å². The molecule has 0 saturated carbocycles.